The Bertz CT molecular complexity index is 848. The van der Waals surface area contributed by atoms with Crippen molar-refractivity contribution in [2.24, 2.45) is 0 Å². The number of phenols is 1. The van der Waals surface area contributed by atoms with Crippen molar-refractivity contribution in [3.8, 4) is 5.75 Å². The molecule has 0 atom stereocenters. The summed E-state index contributed by atoms with van der Waals surface area (Å²) in [5.74, 6) is -0.166. The molecule has 4 nitrogen and oxygen atoms in total. The topological polar surface area (TPSA) is 66.4 Å². The van der Waals surface area contributed by atoms with Crippen LogP contribution in [-0.2, 0) is 10.0 Å². The highest BCUT2D eigenvalue weighted by atomic mass is 35.5. The number of benzene rings is 2. The Balaban J connectivity index is 2.50. The predicted octanol–water partition coefficient (Wildman–Crippen LogP) is 4.43. The number of hydrogen-bond donors (Lipinski definition) is 2. The molecule has 0 aliphatic rings. The number of rotatable bonds is 3. The Hall–Kier alpha value is -1.43. The standard InChI is InChI=1S/C15H15Cl2NO3S/c1-8-4-5-12(9(2)6-8)22(20,21)18-11-7-10(3)15(19)14(17)13(11)16/h4-7,18-19H,1-3H3. The zero-order valence-corrected chi connectivity index (χ0v) is 14.6. The van der Waals surface area contributed by atoms with Crippen LogP contribution < -0.4 is 4.72 Å². The summed E-state index contributed by atoms with van der Waals surface area (Å²) in [6, 6.07) is 6.48. The molecular weight excluding hydrogens is 345 g/mol. The van der Waals surface area contributed by atoms with E-state index in [0.717, 1.165) is 5.56 Å². The number of aryl methyl sites for hydroxylation is 3. The van der Waals surface area contributed by atoms with E-state index in [1.165, 1.54) is 12.1 Å². The van der Waals surface area contributed by atoms with Crippen LogP contribution in [-0.4, -0.2) is 13.5 Å². The van der Waals surface area contributed by atoms with Gasteiger partial charge in [0.2, 0.25) is 0 Å². The molecule has 118 valence electrons. The Morgan fingerprint density at radius 2 is 1.64 bits per heavy atom. The van der Waals surface area contributed by atoms with Crippen LogP contribution >= 0.6 is 23.2 Å². The fourth-order valence-corrected chi connectivity index (χ4v) is 3.91. The molecule has 2 N–H and O–H groups in total. The third-order valence-corrected chi connectivity index (χ3v) is 5.62. The van der Waals surface area contributed by atoms with E-state index < -0.39 is 10.0 Å². The molecule has 22 heavy (non-hydrogen) atoms. The third-order valence-electron chi connectivity index (χ3n) is 3.24. The number of phenolic OH excluding ortho intramolecular Hbond substituents is 1. The largest absolute Gasteiger partial charge is 0.506 e. The van der Waals surface area contributed by atoms with E-state index in [-0.39, 0.29) is 26.4 Å². The fraction of sp³-hybridized carbons (Fsp3) is 0.200. The summed E-state index contributed by atoms with van der Waals surface area (Å²) >= 11 is 11.9. The van der Waals surface area contributed by atoms with Crippen molar-refractivity contribution in [3.05, 3.63) is 51.0 Å². The maximum Gasteiger partial charge on any atom is 0.262 e. The molecule has 0 aliphatic carbocycles. The molecule has 0 radical (unpaired) electrons. The number of aromatic hydroxyl groups is 1. The summed E-state index contributed by atoms with van der Waals surface area (Å²) in [4.78, 5) is 0.163. The van der Waals surface area contributed by atoms with Crippen molar-refractivity contribution in [3.63, 3.8) is 0 Å². The lowest BCUT2D eigenvalue weighted by Crippen LogP contribution is -2.15. The molecule has 2 aromatic rings. The Morgan fingerprint density at radius 3 is 2.23 bits per heavy atom. The van der Waals surface area contributed by atoms with Gasteiger partial charge >= 0.3 is 0 Å². The van der Waals surface area contributed by atoms with Gasteiger partial charge in [-0.3, -0.25) is 4.72 Å². The van der Waals surface area contributed by atoms with Gasteiger partial charge in [-0.1, -0.05) is 40.9 Å². The summed E-state index contributed by atoms with van der Waals surface area (Å²) in [6.45, 7) is 5.21. The van der Waals surface area contributed by atoms with E-state index in [1.807, 2.05) is 6.92 Å². The molecule has 0 aromatic heterocycles. The zero-order chi connectivity index (χ0) is 16.7. The number of hydrogen-bond acceptors (Lipinski definition) is 3. The summed E-state index contributed by atoms with van der Waals surface area (Å²) in [5, 5.41) is 9.58. The molecule has 7 heteroatoms. The third kappa shape index (κ3) is 3.16. The molecule has 0 saturated carbocycles. The maximum atomic E-state index is 12.5. The Kier molecular flexibility index (Phi) is 4.61. The van der Waals surface area contributed by atoms with Crippen LogP contribution in [0.25, 0.3) is 0 Å². The summed E-state index contributed by atoms with van der Waals surface area (Å²) in [7, 11) is -3.80. The van der Waals surface area contributed by atoms with Crippen molar-refractivity contribution in [1.29, 1.82) is 0 Å². The summed E-state index contributed by atoms with van der Waals surface area (Å²) in [6.07, 6.45) is 0. The van der Waals surface area contributed by atoms with Crippen LogP contribution in [0.4, 0.5) is 5.69 Å². The maximum absolute atomic E-state index is 12.5. The van der Waals surface area contributed by atoms with E-state index in [0.29, 0.717) is 11.1 Å². The van der Waals surface area contributed by atoms with Gasteiger partial charge in [0.15, 0.2) is 0 Å². The lowest BCUT2D eigenvalue weighted by atomic mass is 10.2. The lowest BCUT2D eigenvalue weighted by molar-refractivity contribution is 0.471. The van der Waals surface area contributed by atoms with E-state index in [9.17, 15) is 13.5 Å². The summed E-state index contributed by atoms with van der Waals surface area (Å²) < 4.78 is 27.5. The molecule has 0 amide bonds. The number of nitrogens with one attached hydrogen (secondary N) is 1. The first kappa shape index (κ1) is 16.9. The minimum atomic E-state index is -3.80. The van der Waals surface area contributed by atoms with E-state index >= 15 is 0 Å². The number of halogens is 2. The second-order valence-corrected chi connectivity index (χ2v) is 7.50. The highest BCUT2D eigenvalue weighted by Gasteiger charge is 2.21. The molecule has 0 saturated heterocycles. The molecule has 0 aliphatic heterocycles. The van der Waals surface area contributed by atoms with Gasteiger partial charge in [-0.15, -0.1) is 0 Å². The van der Waals surface area contributed by atoms with E-state index in [1.54, 1.807) is 26.0 Å². The number of anilines is 1. The minimum Gasteiger partial charge on any atom is -0.506 e. The van der Waals surface area contributed by atoms with E-state index in [2.05, 4.69) is 4.72 Å². The van der Waals surface area contributed by atoms with Gasteiger partial charge in [-0.25, -0.2) is 8.42 Å². The van der Waals surface area contributed by atoms with Gasteiger partial charge < -0.3 is 5.11 Å². The highest BCUT2D eigenvalue weighted by molar-refractivity contribution is 7.92. The van der Waals surface area contributed by atoms with Gasteiger partial charge in [0.05, 0.1) is 15.6 Å². The first-order valence-corrected chi connectivity index (χ1v) is 8.65. The molecule has 0 spiro atoms. The van der Waals surface area contributed by atoms with Crippen molar-refractivity contribution in [1.82, 2.24) is 0 Å². The lowest BCUT2D eigenvalue weighted by Gasteiger charge is -2.14. The molecule has 2 aromatic carbocycles. The van der Waals surface area contributed by atoms with Crippen LogP contribution in [0, 0.1) is 20.8 Å². The average Bonchev–Trinajstić information content (AvgIpc) is 2.41. The number of sulfonamides is 1. The Labute approximate surface area is 139 Å². The molecule has 2 rings (SSSR count). The summed E-state index contributed by atoms with van der Waals surface area (Å²) in [5.41, 5.74) is 2.15. The van der Waals surface area contributed by atoms with Crippen LogP contribution in [0.3, 0.4) is 0 Å². The van der Waals surface area contributed by atoms with Crippen molar-refractivity contribution in [2.45, 2.75) is 25.7 Å². The molecule has 0 fully saturated rings. The smallest absolute Gasteiger partial charge is 0.262 e. The van der Waals surface area contributed by atoms with Gasteiger partial charge in [-0.05, 0) is 44.0 Å². The van der Waals surface area contributed by atoms with Crippen molar-refractivity contribution < 1.29 is 13.5 Å². The average molecular weight is 360 g/mol. The minimum absolute atomic E-state index is 0.0434. The van der Waals surface area contributed by atoms with Gasteiger partial charge in [0, 0.05) is 0 Å². The highest BCUT2D eigenvalue weighted by Crippen LogP contribution is 2.40. The van der Waals surface area contributed by atoms with Gasteiger partial charge in [0.25, 0.3) is 10.0 Å². The van der Waals surface area contributed by atoms with Crippen LogP contribution in [0.5, 0.6) is 5.75 Å². The van der Waals surface area contributed by atoms with Gasteiger partial charge in [-0.2, -0.15) is 0 Å². The fourth-order valence-electron chi connectivity index (χ4n) is 2.12. The molecule has 0 heterocycles. The quantitative estimate of drug-likeness (QED) is 0.796. The van der Waals surface area contributed by atoms with Gasteiger partial charge in [0.1, 0.15) is 10.8 Å². The molecular formula is C15H15Cl2NO3S. The van der Waals surface area contributed by atoms with E-state index in [4.69, 9.17) is 23.2 Å². The predicted molar refractivity (Wildman–Crippen MR) is 89.6 cm³/mol. The Morgan fingerprint density at radius 1 is 1.00 bits per heavy atom. The first-order chi connectivity index (χ1) is 10.1. The molecule has 0 bridgehead atoms. The zero-order valence-electron chi connectivity index (χ0n) is 12.2. The van der Waals surface area contributed by atoms with Crippen molar-refractivity contribution in [2.75, 3.05) is 4.72 Å². The SMILES string of the molecule is Cc1ccc(S(=O)(=O)Nc2cc(C)c(O)c(Cl)c2Cl)c(C)c1. The van der Waals surface area contributed by atoms with Crippen LogP contribution in [0.1, 0.15) is 16.7 Å². The second kappa shape index (κ2) is 5.99. The normalized spacial score (nSPS) is 11.5. The van der Waals surface area contributed by atoms with Crippen LogP contribution in [0.2, 0.25) is 10.0 Å². The first-order valence-electron chi connectivity index (χ1n) is 6.41. The monoisotopic (exact) mass is 359 g/mol. The van der Waals surface area contributed by atoms with Crippen molar-refractivity contribution >= 4 is 38.9 Å². The van der Waals surface area contributed by atoms with Crippen LogP contribution in [0.15, 0.2) is 29.2 Å². The second-order valence-electron chi connectivity index (χ2n) is 5.09. The molecule has 0 unspecified atom stereocenters.